The molecule has 1 saturated heterocycles. The summed E-state index contributed by atoms with van der Waals surface area (Å²) < 4.78 is 0. The van der Waals surface area contributed by atoms with Gasteiger partial charge in [0.2, 0.25) is 0 Å². The van der Waals surface area contributed by atoms with E-state index in [1.165, 1.54) is 11.8 Å². The number of thioether (sulfide) groups is 1. The van der Waals surface area contributed by atoms with Gasteiger partial charge in [-0.1, -0.05) is 60.1 Å². The Morgan fingerprint density at radius 2 is 1.48 bits per heavy atom. The summed E-state index contributed by atoms with van der Waals surface area (Å²) in [6.07, 6.45) is 1.87. The highest BCUT2D eigenvalue weighted by atomic mass is 35.5. The quantitative estimate of drug-likeness (QED) is 0.502. The van der Waals surface area contributed by atoms with Crippen molar-refractivity contribution in [1.29, 1.82) is 0 Å². The van der Waals surface area contributed by atoms with Crippen LogP contribution in [-0.4, -0.2) is 11.1 Å². The largest absolute Gasteiger partial charge is 0.271 e. The van der Waals surface area contributed by atoms with Crippen molar-refractivity contribution in [2.45, 2.75) is 0 Å². The van der Waals surface area contributed by atoms with Crippen LogP contribution in [0.25, 0.3) is 6.08 Å². The number of carbonyl (C=O) groups is 1. The van der Waals surface area contributed by atoms with Gasteiger partial charge in [0.05, 0.1) is 16.3 Å². The van der Waals surface area contributed by atoms with Crippen molar-refractivity contribution in [3.63, 3.8) is 0 Å². The van der Waals surface area contributed by atoms with Gasteiger partial charge in [0, 0.05) is 5.02 Å². The molecule has 0 saturated carbocycles. The van der Waals surface area contributed by atoms with E-state index < -0.39 is 0 Å². The van der Waals surface area contributed by atoms with Gasteiger partial charge in [-0.3, -0.25) is 9.69 Å². The van der Waals surface area contributed by atoms with Crippen LogP contribution in [-0.2, 0) is 4.79 Å². The maximum absolute atomic E-state index is 13.1. The fraction of sp³-hybridized carbons (Fsp3) is 0. The molecule has 0 bridgehead atoms. The van der Waals surface area contributed by atoms with E-state index in [9.17, 15) is 4.79 Å². The van der Waals surface area contributed by atoms with Crippen LogP contribution in [0.1, 0.15) is 5.56 Å². The predicted octanol–water partition coefficient (Wildman–Crippen LogP) is 6.15. The first-order chi connectivity index (χ1) is 13.2. The molecular formula is C22H15ClN2OS. The Hall–Kier alpha value is -2.82. The Morgan fingerprint density at radius 1 is 0.852 bits per heavy atom. The fourth-order valence-corrected chi connectivity index (χ4v) is 3.80. The van der Waals surface area contributed by atoms with Crippen LogP contribution >= 0.6 is 23.4 Å². The van der Waals surface area contributed by atoms with Gasteiger partial charge >= 0.3 is 0 Å². The molecule has 1 heterocycles. The van der Waals surface area contributed by atoms with Crippen molar-refractivity contribution in [2.24, 2.45) is 4.99 Å². The average Bonchev–Trinajstić information content (AvgIpc) is 3.00. The summed E-state index contributed by atoms with van der Waals surface area (Å²) in [6.45, 7) is 0. The summed E-state index contributed by atoms with van der Waals surface area (Å²) in [5.74, 6) is -0.0872. The van der Waals surface area contributed by atoms with Gasteiger partial charge in [0.15, 0.2) is 5.17 Å². The van der Waals surface area contributed by atoms with Crippen LogP contribution in [0, 0.1) is 0 Å². The maximum Gasteiger partial charge on any atom is 0.271 e. The molecule has 3 nitrogen and oxygen atoms in total. The standard InChI is InChI=1S/C22H15ClN2OS/c23-17-13-11-16(12-14-17)15-20-21(26)25(19-9-5-2-6-10-19)22(27-20)24-18-7-3-1-4-8-18/h1-15H/b20-15-,24-22-. The molecule has 1 aliphatic rings. The molecule has 4 rings (SSSR count). The van der Waals surface area contributed by atoms with E-state index in [0.29, 0.717) is 15.1 Å². The molecule has 0 atom stereocenters. The number of hydrogen-bond donors (Lipinski definition) is 0. The third kappa shape index (κ3) is 3.97. The summed E-state index contributed by atoms with van der Waals surface area (Å²) >= 11 is 7.32. The highest BCUT2D eigenvalue weighted by Gasteiger charge is 2.34. The Bertz CT molecular complexity index is 1020. The number of rotatable bonds is 3. The number of carbonyl (C=O) groups excluding carboxylic acids is 1. The van der Waals surface area contributed by atoms with Gasteiger partial charge in [0.25, 0.3) is 5.91 Å². The molecule has 0 aliphatic carbocycles. The predicted molar refractivity (Wildman–Crippen MR) is 114 cm³/mol. The van der Waals surface area contributed by atoms with Crippen LogP contribution in [0.5, 0.6) is 0 Å². The van der Waals surface area contributed by atoms with Gasteiger partial charge in [-0.25, -0.2) is 4.99 Å². The molecule has 3 aromatic rings. The van der Waals surface area contributed by atoms with E-state index in [2.05, 4.69) is 0 Å². The van der Waals surface area contributed by atoms with E-state index in [0.717, 1.165) is 16.9 Å². The Labute approximate surface area is 167 Å². The van der Waals surface area contributed by atoms with Gasteiger partial charge in [-0.05, 0) is 59.8 Å². The third-order valence-electron chi connectivity index (χ3n) is 3.97. The van der Waals surface area contributed by atoms with Crippen molar-refractivity contribution in [1.82, 2.24) is 0 Å². The smallest absolute Gasteiger partial charge is 0.268 e. The van der Waals surface area contributed by atoms with Crippen LogP contribution < -0.4 is 4.90 Å². The van der Waals surface area contributed by atoms with E-state index in [-0.39, 0.29) is 5.91 Å². The second-order valence-electron chi connectivity index (χ2n) is 5.87. The summed E-state index contributed by atoms with van der Waals surface area (Å²) in [4.78, 5) is 20.1. The topological polar surface area (TPSA) is 32.7 Å². The van der Waals surface area contributed by atoms with Crippen molar-refractivity contribution < 1.29 is 4.79 Å². The monoisotopic (exact) mass is 390 g/mol. The summed E-state index contributed by atoms with van der Waals surface area (Å²) in [6, 6.07) is 26.6. The lowest BCUT2D eigenvalue weighted by molar-refractivity contribution is -0.113. The SMILES string of the molecule is O=C1/C(=C/c2ccc(Cl)cc2)S/C(=N\c2ccccc2)N1c1ccccc1. The second-order valence-corrected chi connectivity index (χ2v) is 7.31. The first-order valence-corrected chi connectivity index (χ1v) is 9.58. The highest BCUT2D eigenvalue weighted by molar-refractivity contribution is 8.19. The minimum atomic E-state index is -0.0872. The van der Waals surface area contributed by atoms with E-state index in [1.54, 1.807) is 4.90 Å². The zero-order valence-corrected chi connectivity index (χ0v) is 15.8. The number of benzene rings is 3. The highest BCUT2D eigenvalue weighted by Crippen LogP contribution is 2.37. The van der Waals surface area contributed by atoms with Gasteiger partial charge < -0.3 is 0 Å². The lowest BCUT2D eigenvalue weighted by atomic mass is 10.2. The Balaban J connectivity index is 1.76. The molecular weight excluding hydrogens is 376 g/mol. The molecule has 3 aromatic carbocycles. The van der Waals surface area contributed by atoms with Crippen molar-refractivity contribution in [2.75, 3.05) is 4.90 Å². The molecule has 1 amide bonds. The van der Waals surface area contributed by atoms with Crippen molar-refractivity contribution >= 4 is 51.9 Å². The average molecular weight is 391 g/mol. The van der Waals surface area contributed by atoms with Gasteiger partial charge in [-0.2, -0.15) is 0 Å². The van der Waals surface area contributed by atoms with Crippen molar-refractivity contribution in [3.8, 4) is 0 Å². The first kappa shape index (κ1) is 17.6. The molecule has 0 radical (unpaired) electrons. The van der Waals surface area contributed by atoms with Gasteiger partial charge in [-0.15, -0.1) is 0 Å². The lowest BCUT2D eigenvalue weighted by Gasteiger charge is -2.15. The summed E-state index contributed by atoms with van der Waals surface area (Å²) in [7, 11) is 0. The summed E-state index contributed by atoms with van der Waals surface area (Å²) in [5, 5.41) is 1.30. The molecule has 0 spiro atoms. The number of para-hydroxylation sites is 2. The maximum atomic E-state index is 13.1. The number of amides is 1. The van der Waals surface area contributed by atoms with E-state index in [1.807, 2.05) is 91.0 Å². The number of aliphatic imine (C=N–C) groups is 1. The Kier molecular flexibility index (Phi) is 5.10. The zero-order chi connectivity index (χ0) is 18.6. The van der Waals surface area contributed by atoms with Gasteiger partial charge in [0.1, 0.15) is 0 Å². The number of nitrogens with zero attached hydrogens (tertiary/aromatic N) is 2. The second kappa shape index (κ2) is 7.82. The lowest BCUT2D eigenvalue weighted by Crippen LogP contribution is -2.28. The van der Waals surface area contributed by atoms with Crippen LogP contribution in [0.4, 0.5) is 11.4 Å². The van der Waals surface area contributed by atoms with E-state index in [4.69, 9.17) is 16.6 Å². The molecule has 0 N–H and O–H groups in total. The fourth-order valence-electron chi connectivity index (χ4n) is 2.68. The molecule has 0 unspecified atom stereocenters. The molecule has 0 aromatic heterocycles. The minimum absolute atomic E-state index is 0.0872. The number of amidine groups is 1. The molecule has 27 heavy (non-hydrogen) atoms. The molecule has 1 fully saturated rings. The number of halogens is 1. The minimum Gasteiger partial charge on any atom is -0.268 e. The van der Waals surface area contributed by atoms with Crippen LogP contribution in [0.15, 0.2) is 94.8 Å². The first-order valence-electron chi connectivity index (χ1n) is 8.39. The number of hydrogen-bond acceptors (Lipinski definition) is 3. The van der Waals surface area contributed by atoms with Crippen LogP contribution in [0.3, 0.4) is 0 Å². The van der Waals surface area contributed by atoms with Crippen LogP contribution in [0.2, 0.25) is 5.02 Å². The zero-order valence-electron chi connectivity index (χ0n) is 14.2. The molecule has 5 heteroatoms. The molecule has 132 valence electrons. The third-order valence-corrected chi connectivity index (χ3v) is 5.19. The normalized spacial score (nSPS) is 17.1. The summed E-state index contributed by atoms with van der Waals surface area (Å²) in [5.41, 5.74) is 2.52. The Morgan fingerprint density at radius 3 is 2.15 bits per heavy atom. The van der Waals surface area contributed by atoms with Crippen molar-refractivity contribution in [3.05, 3.63) is 100 Å². The molecule has 1 aliphatic heterocycles. The number of anilines is 1. The van der Waals surface area contributed by atoms with E-state index >= 15 is 0 Å².